The molecule has 0 radical (unpaired) electrons. The molecule has 3 heterocycles. The van der Waals surface area contributed by atoms with E-state index in [4.69, 9.17) is 4.99 Å². The number of sulfonamides is 1. The number of guanidine groups is 1. The summed E-state index contributed by atoms with van der Waals surface area (Å²) in [5.74, 6) is 0.958. The van der Waals surface area contributed by atoms with Gasteiger partial charge in [-0.3, -0.25) is 9.89 Å². The number of aliphatic imine (C=N–C) groups is 1. The zero-order valence-corrected chi connectivity index (χ0v) is 17.8. The molecule has 1 atom stereocenters. The fraction of sp³-hybridized carbons (Fsp3) is 0.944. The molecule has 0 amide bonds. The minimum Gasteiger partial charge on any atom is -0.357 e. The van der Waals surface area contributed by atoms with Gasteiger partial charge >= 0.3 is 15.5 Å². The van der Waals surface area contributed by atoms with E-state index in [0.717, 1.165) is 32.0 Å². The summed E-state index contributed by atoms with van der Waals surface area (Å²) in [7, 11) is -5.22. The Morgan fingerprint density at radius 2 is 1.72 bits per heavy atom. The summed E-state index contributed by atoms with van der Waals surface area (Å²) in [6.07, 6.45) is 4.46. The Morgan fingerprint density at radius 3 is 2.31 bits per heavy atom. The fourth-order valence-corrected chi connectivity index (χ4v) is 5.44. The summed E-state index contributed by atoms with van der Waals surface area (Å²) >= 11 is 0. The monoisotopic (exact) mass is 439 g/mol. The Labute approximate surface area is 171 Å². The number of nitrogens with one attached hydrogen (secondary N) is 1. The molecule has 3 aliphatic rings. The lowest BCUT2D eigenvalue weighted by atomic mass is 9.98. The third kappa shape index (κ3) is 5.35. The molecular weight excluding hydrogens is 407 g/mol. The van der Waals surface area contributed by atoms with Gasteiger partial charge < -0.3 is 10.2 Å². The third-order valence-electron chi connectivity index (χ3n) is 6.16. The highest BCUT2D eigenvalue weighted by Crippen LogP contribution is 2.30. The molecule has 7 nitrogen and oxygen atoms in total. The lowest BCUT2D eigenvalue weighted by Gasteiger charge is -2.31. The van der Waals surface area contributed by atoms with Crippen LogP contribution < -0.4 is 5.32 Å². The molecule has 0 aromatic heterocycles. The maximum atomic E-state index is 12.7. The minimum atomic E-state index is -5.22. The van der Waals surface area contributed by atoms with Crippen LogP contribution in [0.15, 0.2) is 4.99 Å². The van der Waals surface area contributed by atoms with Gasteiger partial charge in [-0.05, 0) is 58.0 Å². The normalized spacial score (nSPS) is 26.4. The topological polar surface area (TPSA) is 68.2 Å². The molecule has 29 heavy (non-hydrogen) atoms. The predicted molar refractivity (Wildman–Crippen MR) is 106 cm³/mol. The molecule has 0 aromatic rings. The van der Waals surface area contributed by atoms with Crippen LogP contribution >= 0.6 is 0 Å². The first kappa shape index (κ1) is 22.6. The number of halogens is 3. The SMILES string of the molecule is CCNC(=NCC1CCN(S(=O)(=O)C(F)(F)F)CC1)N1CCC(N2CCCC2)C1. The number of piperidine rings is 1. The first-order chi connectivity index (χ1) is 13.7. The van der Waals surface area contributed by atoms with Crippen molar-refractivity contribution in [1.82, 2.24) is 19.4 Å². The molecule has 168 valence electrons. The van der Waals surface area contributed by atoms with Crippen LogP contribution in [0.5, 0.6) is 0 Å². The average molecular weight is 440 g/mol. The highest BCUT2D eigenvalue weighted by molar-refractivity contribution is 7.90. The van der Waals surface area contributed by atoms with Gasteiger partial charge in [-0.25, -0.2) is 8.42 Å². The van der Waals surface area contributed by atoms with E-state index in [1.54, 1.807) is 0 Å². The Balaban J connectivity index is 1.52. The maximum absolute atomic E-state index is 12.7. The molecule has 0 spiro atoms. The molecule has 0 aromatic carbocycles. The molecule has 0 aliphatic carbocycles. The standard InChI is InChI=1S/C18H32F3N5O2S/c1-2-22-17(25-10-7-16(14-25)24-8-3-4-9-24)23-13-15-5-11-26(12-6-15)29(27,28)18(19,20)21/h15-16H,2-14H2,1H3,(H,22,23). The quantitative estimate of drug-likeness (QED) is 0.522. The summed E-state index contributed by atoms with van der Waals surface area (Å²) in [4.78, 5) is 9.57. The number of nitrogens with zero attached hydrogens (tertiary/aromatic N) is 4. The number of likely N-dealkylation sites (tertiary alicyclic amines) is 2. The summed E-state index contributed by atoms with van der Waals surface area (Å²) in [5.41, 5.74) is -5.22. The molecule has 0 bridgehead atoms. The van der Waals surface area contributed by atoms with E-state index in [1.165, 1.54) is 25.9 Å². The second-order valence-corrected chi connectivity index (χ2v) is 10.0. The van der Waals surface area contributed by atoms with Crippen molar-refractivity contribution in [3.63, 3.8) is 0 Å². The fourth-order valence-electron chi connectivity index (χ4n) is 4.46. The Kier molecular flexibility index (Phi) is 7.32. The molecule has 3 aliphatic heterocycles. The summed E-state index contributed by atoms with van der Waals surface area (Å²) in [5, 5.41) is 3.33. The molecule has 1 N–H and O–H groups in total. The van der Waals surface area contributed by atoms with Crippen LogP contribution in [0.25, 0.3) is 0 Å². The minimum absolute atomic E-state index is 0.0975. The Morgan fingerprint density at radius 1 is 1.07 bits per heavy atom. The first-order valence-corrected chi connectivity index (χ1v) is 12.0. The van der Waals surface area contributed by atoms with Crippen LogP contribution in [0.2, 0.25) is 0 Å². The van der Waals surface area contributed by atoms with Gasteiger partial charge in [0, 0.05) is 45.3 Å². The number of hydrogen-bond acceptors (Lipinski definition) is 4. The highest BCUT2D eigenvalue weighted by Gasteiger charge is 2.50. The maximum Gasteiger partial charge on any atom is 0.511 e. The van der Waals surface area contributed by atoms with Crippen molar-refractivity contribution in [1.29, 1.82) is 0 Å². The van der Waals surface area contributed by atoms with E-state index in [9.17, 15) is 21.6 Å². The van der Waals surface area contributed by atoms with Gasteiger partial charge in [-0.1, -0.05) is 0 Å². The summed E-state index contributed by atoms with van der Waals surface area (Å²) in [6.45, 7) is 7.34. The van der Waals surface area contributed by atoms with Crippen LogP contribution in [-0.2, 0) is 10.0 Å². The van der Waals surface area contributed by atoms with Crippen LogP contribution in [0.1, 0.15) is 39.0 Å². The van der Waals surface area contributed by atoms with Gasteiger partial charge in [0.15, 0.2) is 5.96 Å². The van der Waals surface area contributed by atoms with Gasteiger partial charge in [0.1, 0.15) is 0 Å². The van der Waals surface area contributed by atoms with E-state index < -0.39 is 15.5 Å². The van der Waals surface area contributed by atoms with Crippen molar-refractivity contribution in [3.05, 3.63) is 0 Å². The van der Waals surface area contributed by atoms with Crippen LogP contribution in [-0.4, -0.2) is 92.4 Å². The Hall–Kier alpha value is -1.07. The number of hydrogen-bond donors (Lipinski definition) is 1. The zero-order chi connectivity index (χ0) is 21.1. The van der Waals surface area contributed by atoms with Crippen molar-refractivity contribution in [2.45, 2.75) is 50.6 Å². The Bertz CT molecular complexity index is 671. The number of alkyl halides is 3. The van der Waals surface area contributed by atoms with Gasteiger partial charge in [-0.2, -0.15) is 17.5 Å². The largest absolute Gasteiger partial charge is 0.511 e. The lowest BCUT2D eigenvalue weighted by molar-refractivity contribution is -0.0496. The van der Waals surface area contributed by atoms with Gasteiger partial charge in [-0.15, -0.1) is 0 Å². The summed E-state index contributed by atoms with van der Waals surface area (Å²) in [6, 6.07) is 0.567. The molecule has 0 saturated carbocycles. The van der Waals surface area contributed by atoms with Crippen LogP contribution in [0.3, 0.4) is 0 Å². The molecule has 3 fully saturated rings. The molecule has 3 rings (SSSR count). The molecule has 3 saturated heterocycles. The van der Waals surface area contributed by atoms with E-state index in [2.05, 4.69) is 15.1 Å². The second kappa shape index (κ2) is 9.38. The van der Waals surface area contributed by atoms with E-state index >= 15 is 0 Å². The average Bonchev–Trinajstić information content (AvgIpc) is 3.36. The second-order valence-electron chi connectivity index (χ2n) is 8.12. The lowest BCUT2D eigenvalue weighted by Crippen LogP contribution is -2.45. The van der Waals surface area contributed by atoms with E-state index in [0.29, 0.717) is 29.7 Å². The zero-order valence-electron chi connectivity index (χ0n) is 17.0. The third-order valence-corrected chi connectivity index (χ3v) is 7.79. The van der Waals surface area contributed by atoms with Gasteiger partial charge in [0.05, 0.1) is 0 Å². The van der Waals surface area contributed by atoms with Crippen LogP contribution in [0, 0.1) is 5.92 Å². The van der Waals surface area contributed by atoms with E-state index in [-0.39, 0.29) is 19.0 Å². The van der Waals surface area contributed by atoms with Crippen molar-refractivity contribution in [2.75, 3.05) is 52.4 Å². The van der Waals surface area contributed by atoms with Crippen molar-refractivity contribution >= 4 is 16.0 Å². The molecule has 1 unspecified atom stereocenters. The number of rotatable bonds is 5. The highest BCUT2D eigenvalue weighted by atomic mass is 32.2. The van der Waals surface area contributed by atoms with Gasteiger partial charge in [0.25, 0.3) is 0 Å². The van der Waals surface area contributed by atoms with Crippen molar-refractivity contribution < 1.29 is 21.6 Å². The smallest absolute Gasteiger partial charge is 0.357 e. The molecule has 11 heteroatoms. The van der Waals surface area contributed by atoms with Crippen molar-refractivity contribution in [3.8, 4) is 0 Å². The summed E-state index contributed by atoms with van der Waals surface area (Å²) < 4.78 is 61.7. The van der Waals surface area contributed by atoms with Crippen LogP contribution in [0.4, 0.5) is 13.2 Å². The van der Waals surface area contributed by atoms with Gasteiger partial charge in [0.2, 0.25) is 0 Å². The predicted octanol–water partition coefficient (Wildman–Crippen LogP) is 1.68. The molecular formula is C18H32F3N5O2S. The first-order valence-electron chi connectivity index (χ1n) is 10.6. The van der Waals surface area contributed by atoms with Crippen molar-refractivity contribution in [2.24, 2.45) is 10.9 Å². The van der Waals surface area contributed by atoms with E-state index in [1.807, 2.05) is 6.92 Å².